The van der Waals surface area contributed by atoms with Crippen LogP contribution in [0.5, 0.6) is 0 Å². The molecule has 0 radical (unpaired) electrons. The summed E-state index contributed by atoms with van der Waals surface area (Å²) in [6.07, 6.45) is 3.40. The summed E-state index contributed by atoms with van der Waals surface area (Å²) >= 11 is 18.6. The van der Waals surface area contributed by atoms with E-state index < -0.39 is 0 Å². The van der Waals surface area contributed by atoms with E-state index in [1.165, 1.54) is 16.7 Å². The lowest BCUT2D eigenvalue weighted by atomic mass is 10.2. The second-order valence-electron chi connectivity index (χ2n) is 4.83. The number of amides is 1. The molecule has 0 bridgehead atoms. The van der Waals surface area contributed by atoms with Gasteiger partial charge in [0.25, 0.3) is 5.91 Å². The number of aromatic nitrogens is 1. The molecule has 1 N–H and O–H groups in total. The van der Waals surface area contributed by atoms with Gasteiger partial charge in [0.2, 0.25) is 0 Å². The Hall–Kier alpha value is -1.60. The lowest BCUT2D eigenvalue weighted by molar-refractivity contribution is -0.121. The number of rotatable bonds is 4. The topological polar surface area (TPSA) is 45.2 Å². The van der Waals surface area contributed by atoms with Crippen molar-refractivity contribution in [2.24, 2.45) is 0 Å². The Morgan fingerprint density at radius 1 is 1.29 bits per heavy atom. The molecule has 0 spiro atoms. The Balaban J connectivity index is 1.75. The van der Waals surface area contributed by atoms with Crippen molar-refractivity contribution >= 4 is 69.3 Å². The quantitative estimate of drug-likeness (QED) is 0.602. The number of pyridine rings is 1. The molecule has 8 heteroatoms. The molecule has 3 rings (SSSR count). The van der Waals surface area contributed by atoms with Crippen molar-refractivity contribution in [1.82, 2.24) is 9.88 Å². The molecule has 1 amide bonds. The van der Waals surface area contributed by atoms with Crippen LogP contribution in [0.1, 0.15) is 5.56 Å². The first-order chi connectivity index (χ1) is 11.5. The molecule has 0 atom stereocenters. The van der Waals surface area contributed by atoms with Crippen LogP contribution >= 0.6 is 47.2 Å². The monoisotopic (exact) mass is 395 g/mol. The van der Waals surface area contributed by atoms with Gasteiger partial charge in [0.05, 0.1) is 11.6 Å². The first kappa shape index (κ1) is 17.2. The molecule has 0 saturated carbocycles. The first-order valence-electron chi connectivity index (χ1n) is 6.90. The van der Waals surface area contributed by atoms with Gasteiger partial charge in [-0.3, -0.25) is 9.69 Å². The molecule has 1 saturated heterocycles. The van der Waals surface area contributed by atoms with Crippen molar-refractivity contribution in [1.29, 1.82) is 0 Å². The second-order valence-corrected chi connectivity index (χ2v) is 7.34. The van der Waals surface area contributed by atoms with Gasteiger partial charge in [-0.15, -0.1) is 0 Å². The van der Waals surface area contributed by atoms with E-state index in [0.717, 1.165) is 5.56 Å². The third kappa shape index (κ3) is 3.89. The van der Waals surface area contributed by atoms with Crippen LogP contribution in [0.25, 0.3) is 6.08 Å². The average molecular weight is 396 g/mol. The smallest absolute Gasteiger partial charge is 0.267 e. The van der Waals surface area contributed by atoms with Crippen molar-refractivity contribution in [2.75, 3.05) is 12.0 Å². The number of nitrogens with one attached hydrogen (secondary N) is 1. The minimum atomic E-state index is -0.167. The number of halogens is 2. The van der Waals surface area contributed by atoms with Crippen LogP contribution in [0, 0.1) is 0 Å². The van der Waals surface area contributed by atoms with E-state index in [1.807, 2.05) is 18.2 Å². The highest BCUT2D eigenvalue weighted by molar-refractivity contribution is 8.26. The fourth-order valence-electron chi connectivity index (χ4n) is 2.02. The zero-order valence-corrected chi connectivity index (χ0v) is 15.3. The molecule has 24 heavy (non-hydrogen) atoms. The minimum Gasteiger partial charge on any atom is -0.352 e. The van der Waals surface area contributed by atoms with E-state index >= 15 is 0 Å². The molecule has 1 aromatic heterocycles. The predicted molar refractivity (Wildman–Crippen MR) is 104 cm³/mol. The number of nitrogens with zero attached hydrogens (tertiary/aromatic N) is 2. The number of thiocarbonyl (C=S) groups is 1. The molecule has 1 aromatic carbocycles. The van der Waals surface area contributed by atoms with Gasteiger partial charge in [-0.05, 0) is 35.9 Å². The molecule has 4 nitrogen and oxygen atoms in total. The predicted octanol–water partition coefficient (Wildman–Crippen LogP) is 4.66. The van der Waals surface area contributed by atoms with E-state index in [9.17, 15) is 4.79 Å². The van der Waals surface area contributed by atoms with Crippen LogP contribution in [-0.4, -0.2) is 26.8 Å². The van der Waals surface area contributed by atoms with Crippen molar-refractivity contribution in [3.05, 3.63) is 63.1 Å². The highest BCUT2D eigenvalue weighted by Gasteiger charge is 2.31. The third-order valence-corrected chi connectivity index (χ3v) is 5.15. The summed E-state index contributed by atoms with van der Waals surface area (Å²) in [4.78, 5) is 18.7. The molecule has 2 heterocycles. The summed E-state index contributed by atoms with van der Waals surface area (Å²) in [6, 6.07) is 10.6. The second kappa shape index (κ2) is 7.53. The van der Waals surface area contributed by atoms with Crippen LogP contribution in [0.3, 0.4) is 0 Å². The number of carbonyl (C=O) groups excluding carboxylic acids is 1. The fraction of sp³-hybridized carbons (Fsp3) is 0.0625. The van der Waals surface area contributed by atoms with Gasteiger partial charge in [-0.25, -0.2) is 4.98 Å². The standard InChI is InChI=1S/C16H11Cl2N3OS2/c17-11-5-4-10(12(18)8-11)7-13-15(22)21(16(23)24-13)9-20-14-3-1-2-6-19-14/h1-8H,9H2,(H,19,20). The van der Waals surface area contributed by atoms with Crippen molar-refractivity contribution < 1.29 is 4.79 Å². The Bertz CT molecular complexity index is 827. The molecular weight excluding hydrogens is 385 g/mol. The number of thioether (sulfide) groups is 1. The van der Waals surface area contributed by atoms with Crippen molar-refractivity contribution in [2.45, 2.75) is 0 Å². The molecular formula is C16H11Cl2N3OS2. The summed E-state index contributed by atoms with van der Waals surface area (Å²) in [5.41, 5.74) is 0.722. The zero-order chi connectivity index (χ0) is 17.1. The largest absolute Gasteiger partial charge is 0.352 e. The lowest BCUT2D eigenvalue weighted by Gasteiger charge is -2.15. The number of benzene rings is 1. The molecule has 122 valence electrons. The molecule has 0 unspecified atom stereocenters. The Labute approximate surface area is 158 Å². The fourth-order valence-corrected chi connectivity index (χ4v) is 3.73. The lowest BCUT2D eigenvalue weighted by Crippen LogP contribution is -2.33. The van der Waals surface area contributed by atoms with Crippen LogP contribution in [-0.2, 0) is 4.79 Å². The van der Waals surface area contributed by atoms with Gasteiger partial charge in [0, 0.05) is 16.2 Å². The molecule has 1 fully saturated rings. The Morgan fingerprint density at radius 2 is 2.12 bits per heavy atom. The molecule has 2 aromatic rings. The van der Waals surface area contributed by atoms with Crippen LogP contribution in [0.15, 0.2) is 47.5 Å². The summed E-state index contributed by atoms with van der Waals surface area (Å²) in [5, 5.41) is 4.10. The highest BCUT2D eigenvalue weighted by Crippen LogP contribution is 2.34. The number of hydrogen-bond donors (Lipinski definition) is 1. The summed E-state index contributed by atoms with van der Waals surface area (Å²) in [6.45, 7) is 0.257. The zero-order valence-electron chi connectivity index (χ0n) is 12.2. The van der Waals surface area contributed by atoms with Crippen LogP contribution in [0.2, 0.25) is 10.0 Å². The van der Waals surface area contributed by atoms with Crippen LogP contribution < -0.4 is 5.32 Å². The minimum absolute atomic E-state index is 0.167. The van der Waals surface area contributed by atoms with E-state index in [0.29, 0.717) is 25.1 Å². The highest BCUT2D eigenvalue weighted by atomic mass is 35.5. The van der Waals surface area contributed by atoms with Gasteiger partial charge in [-0.1, -0.05) is 59.3 Å². The normalized spacial score (nSPS) is 16.1. The summed E-state index contributed by atoms with van der Waals surface area (Å²) in [5.74, 6) is 0.510. The maximum absolute atomic E-state index is 12.5. The Morgan fingerprint density at radius 3 is 2.83 bits per heavy atom. The third-order valence-electron chi connectivity index (χ3n) is 3.21. The van der Waals surface area contributed by atoms with Crippen molar-refractivity contribution in [3.8, 4) is 0 Å². The number of anilines is 1. The van der Waals surface area contributed by atoms with E-state index in [1.54, 1.807) is 30.5 Å². The summed E-state index contributed by atoms with van der Waals surface area (Å²) < 4.78 is 0.486. The number of hydrogen-bond acceptors (Lipinski definition) is 5. The maximum atomic E-state index is 12.5. The maximum Gasteiger partial charge on any atom is 0.267 e. The average Bonchev–Trinajstić information content (AvgIpc) is 2.83. The number of carbonyl (C=O) groups is 1. The Kier molecular flexibility index (Phi) is 5.40. The van der Waals surface area contributed by atoms with Gasteiger partial charge in [0.1, 0.15) is 10.1 Å². The van der Waals surface area contributed by atoms with Gasteiger partial charge in [0.15, 0.2) is 0 Å². The first-order valence-corrected chi connectivity index (χ1v) is 8.88. The van der Waals surface area contributed by atoms with E-state index in [4.69, 9.17) is 35.4 Å². The molecule has 1 aliphatic rings. The van der Waals surface area contributed by atoms with Gasteiger partial charge in [-0.2, -0.15) is 0 Å². The van der Waals surface area contributed by atoms with Gasteiger partial charge >= 0.3 is 0 Å². The molecule has 0 aliphatic carbocycles. The van der Waals surface area contributed by atoms with E-state index in [2.05, 4.69) is 10.3 Å². The van der Waals surface area contributed by atoms with Crippen LogP contribution in [0.4, 0.5) is 5.82 Å². The SMILES string of the molecule is O=C1C(=Cc2ccc(Cl)cc2Cl)SC(=S)N1CNc1ccccn1. The van der Waals surface area contributed by atoms with E-state index in [-0.39, 0.29) is 12.6 Å². The summed E-state index contributed by atoms with van der Waals surface area (Å²) in [7, 11) is 0. The molecule has 1 aliphatic heterocycles. The van der Waals surface area contributed by atoms with Gasteiger partial charge < -0.3 is 5.32 Å². The van der Waals surface area contributed by atoms with Crippen molar-refractivity contribution in [3.63, 3.8) is 0 Å².